The van der Waals surface area contributed by atoms with Crippen molar-refractivity contribution in [3.63, 3.8) is 0 Å². The molecule has 0 fully saturated rings. The topological polar surface area (TPSA) is 55.4 Å². The van der Waals surface area contributed by atoms with E-state index in [2.05, 4.69) is 21.2 Å². The maximum Gasteiger partial charge on any atom is 0.310 e. The number of hydrogen-bond acceptors (Lipinski definition) is 4. The van der Waals surface area contributed by atoms with Crippen LogP contribution in [0.1, 0.15) is 22.8 Å². The number of halogens is 1. The van der Waals surface area contributed by atoms with Gasteiger partial charge in [0.25, 0.3) is 5.91 Å². The first-order valence-corrected chi connectivity index (χ1v) is 8.05. The monoisotopic (exact) mass is 367 g/mol. The molecular formula is C15H14BrNO3S. The van der Waals surface area contributed by atoms with Crippen LogP contribution in [0.15, 0.2) is 40.2 Å². The fourth-order valence-corrected chi connectivity index (χ4v) is 3.03. The van der Waals surface area contributed by atoms with Crippen LogP contribution in [0.2, 0.25) is 0 Å². The normalized spacial score (nSPS) is 10.2. The van der Waals surface area contributed by atoms with Crippen LogP contribution in [0.25, 0.3) is 0 Å². The molecule has 4 nitrogen and oxygen atoms in total. The van der Waals surface area contributed by atoms with Crippen molar-refractivity contribution in [1.82, 2.24) is 0 Å². The molecule has 2 aromatic rings. The lowest BCUT2D eigenvalue weighted by molar-refractivity contribution is -0.142. The second kappa shape index (κ2) is 7.38. The molecule has 1 N–H and O–H groups in total. The van der Waals surface area contributed by atoms with E-state index in [1.165, 1.54) is 11.3 Å². The lowest BCUT2D eigenvalue weighted by Gasteiger charge is -2.05. The van der Waals surface area contributed by atoms with Crippen LogP contribution >= 0.6 is 27.3 Å². The minimum Gasteiger partial charge on any atom is -0.466 e. The summed E-state index contributed by atoms with van der Waals surface area (Å²) in [6.07, 6.45) is 0.216. The second-order valence-electron chi connectivity index (χ2n) is 4.26. The van der Waals surface area contributed by atoms with E-state index in [0.29, 0.717) is 12.2 Å². The highest BCUT2D eigenvalue weighted by atomic mass is 79.9. The molecule has 0 bridgehead atoms. The summed E-state index contributed by atoms with van der Waals surface area (Å²) in [5, 5.41) is 5.50. The van der Waals surface area contributed by atoms with Crippen molar-refractivity contribution in [3.05, 3.63) is 51.3 Å². The van der Waals surface area contributed by atoms with E-state index in [1.807, 2.05) is 11.4 Å². The molecule has 0 saturated heterocycles. The van der Waals surface area contributed by atoms with Gasteiger partial charge in [-0.15, -0.1) is 11.3 Å². The van der Waals surface area contributed by atoms with Crippen molar-refractivity contribution in [2.45, 2.75) is 13.3 Å². The standard InChI is InChI=1S/C15H14BrNO3S/c1-2-20-14(18)7-10-3-5-11(6-4-10)15(19)17-13-8-12(16)9-21-13/h3-6,8-9H,2,7H2,1H3,(H,17,19). The molecule has 2 rings (SSSR count). The third kappa shape index (κ3) is 4.68. The zero-order valence-corrected chi connectivity index (χ0v) is 13.8. The molecule has 1 aromatic carbocycles. The van der Waals surface area contributed by atoms with E-state index in [-0.39, 0.29) is 18.3 Å². The Morgan fingerprint density at radius 2 is 2.00 bits per heavy atom. The van der Waals surface area contributed by atoms with Crippen molar-refractivity contribution < 1.29 is 14.3 Å². The summed E-state index contributed by atoms with van der Waals surface area (Å²) in [4.78, 5) is 23.4. The number of nitrogens with one attached hydrogen (secondary N) is 1. The van der Waals surface area contributed by atoms with E-state index >= 15 is 0 Å². The SMILES string of the molecule is CCOC(=O)Cc1ccc(C(=O)Nc2cc(Br)cs2)cc1. The van der Waals surface area contributed by atoms with Gasteiger partial charge < -0.3 is 10.1 Å². The lowest BCUT2D eigenvalue weighted by atomic mass is 10.1. The third-order valence-electron chi connectivity index (χ3n) is 2.67. The first-order valence-electron chi connectivity index (χ1n) is 6.38. The van der Waals surface area contributed by atoms with Gasteiger partial charge in [0.15, 0.2) is 0 Å². The van der Waals surface area contributed by atoms with Gasteiger partial charge in [0, 0.05) is 15.4 Å². The summed E-state index contributed by atoms with van der Waals surface area (Å²) in [7, 11) is 0. The molecule has 0 spiro atoms. The van der Waals surface area contributed by atoms with Crippen LogP contribution in [-0.2, 0) is 16.0 Å². The van der Waals surface area contributed by atoms with E-state index in [1.54, 1.807) is 31.2 Å². The molecule has 0 aliphatic carbocycles. The Kier molecular flexibility index (Phi) is 5.52. The van der Waals surface area contributed by atoms with Crippen molar-refractivity contribution in [1.29, 1.82) is 0 Å². The fourth-order valence-electron chi connectivity index (χ4n) is 1.72. The molecule has 0 aliphatic rings. The van der Waals surface area contributed by atoms with E-state index in [9.17, 15) is 9.59 Å². The van der Waals surface area contributed by atoms with Gasteiger partial charge in [-0.25, -0.2) is 0 Å². The number of ether oxygens (including phenoxy) is 1. The maximum atomic E-state index is 12.0. The maximum absolute atomic E-state index is 12.0. The van der Waals surface area contributed by atoms with Crippen LogP contribution < -0.4 is 5.32 Å². The number of thiophene rings is 1. The predicted octanol–water partition coefficient (Wildman–Crippen LogP) is 3.87. The Morgan fingerprint density at radius 3 is 2.57 bits per heavy atom. The van der Waals surface area contributed by atoms with Crippen LogP contribution in [0, 0.1) is 0 Å². The first kappa shape index (κ1) is 15.7. The Labute approximate surface area is 135 Å². The molecule has 110 valence electrons. The quantitative estimate of drug-likeness (QED) is 0.816. The Bertz CT molecular complexity index is 637. The zero-order chi connectivity index (χ0) is 15.2. The summed E-state index contributed by atoms with van der Waals surface area (Å²) >= 11 is 4.79. The highest BCUT2D eigenvalue weighted by Gasteiger charge is 2.09. The number of amides is 1. The van der Waals surface area contributed by atoms with Crippen LogP contribution in [0.4, 0.5) is 5.00 Å². The summed E-state index contributed by atoms with van der Waals surface area (Å²) in [6, 6.07) is 8.77. The van der Waals surface area contributed by atoms with Crippen molar-refractivity contribution >= 4 is 44.1 Å². The van der Waals surface area contributed by atoms with Gasteiger partial charge in [-0.1, -0.05) is 12.1 Å². The average molecular weight is 368 g/mol. The minimum atomic E-state index is -0.266. The summed E-state index contributed by atoms with van der Waals surface area (Å²) in [5.41, 5.74) is 1.37. The van der Waals surface area contributed by atoms with Crippen LogP contribution in [0.5, 0.6) is 0 Å². The highest BCUT2D eigenvalue weighted by molar-refractivity contribution is 9.10. The lowest BCUT2D eigenvalue weighted by Crippen LogP contribution is -2.11. The van der Waals surface area contributed by atoms with Gasteiger partial charge in [-0.05, 0) is 46.6 Å². The highest BCUT2D eigenvalue weighted by Crippen LogP contribution is 2.24. The van der Waals surface area contributed by atoms with Gasteiger partial charge in [-0.3, -0.25) is 9.59 Å². The van der Waals surface area contributed by atoms with E-state index in [0.717, 1.165) is 15.0 Å². The van der Waals surface area contributed by atoms with E-state index < -0.39 is 0 Å². The number of benzene rings is 1. The summed E-state index contributed by atoms with van der Waals surface area (Å²) in [5.74, 6) is -0.440. The zero-order valence-electron chi connectivity index (χ0n) is 11.4. The fraction of sp³-hybridized carbons (Fsp3) is 0.200. The number of carbonyl (C=O) groups is 2. The molecule has 0 atom stereocenters. The molecule has 1 amide bonds. The van der Waals surface area contributed by atoms with Gasteiger partial charge in [0.1, 0.15) is 0 Å². The molecule has 0 saturated carbocycles. The Balaban J connectivity index is 1.98. The van der Waals surface area contributed by atoms with Crippen molar-refractivity contribution in [2.75, 3.05) is 11.9 Å². The molecule has 6 heteroatoms. The second-order valence-corrected chi connectivity index (χ2v) is 6.09. The van der Waals surface area contributed by atoms with Crippen molar-refractivity contribution in [3.8, 4) is 0 Å². The van der Waals surface area contributed by atoms with Gasteiger partial charge in [0.2, 0.25) is 0 Å². The average Bonchev–Trinajstić information content (AvgIpc) is 2.85. The van der Waals surface area contributed by atoms with Gasteiger partial charge in [-0.2, -0.15) is 0 Å². The Hall–Kier alpha value is -1.66. The molecule has 0 radical (unpaired) electrons. The summed E-state index contributed by atoms with van der Waals surface area (Å²) in [6.45, 7) is 2.14. The number of esters is 1. The molecule has 1 aromatic heterocycles. The van der Waals surface area contributed by atoms with Gasteiger partial charge in [0.05, 0.1) is 18.0 Å². The molecular weight excluding hydrogens is 354 g/mol. The number of carbonyl (C=O) groups excluding carboxylic acids is 2. The van der Waals surface area contributed by atoms with Crippen LogP contribution in [0.3, 0.4) is 0 Å². The first-order chi connectivity index (χ1) is 10.1. The minimum absolute atomic E-state index is 0.174. The molecule has 0 aliphatic heterocycles. The Morgan fingerprint density at radius 1 is 1.29 bits per heavy atom. The molecule has 1 heterocycles. The largest absolute Gasteiger partial charge is 0.466 e. The smallest absolute Gasteiger partial charge is 0.310 e. The third-order valence-corrected chi connectivity index (χ3v) is 4.28. The van der Waals surface area contributed by atoms with Gasteiger partial charge >= 0.3 is 5.97 Å². The summed E-state index contributed by atoms with van der Waals surface area (Å²) < 4.78 is 5.82. The number of rotatable bonds is 5. The number of hydrogen-bond donors (Lipinski definition) is 1. The number of anilines is 1. The predicted molar refractivity (Wildman–Crippen MR) is 86.8 cm³/mol. The van der Waals surface area contributed by atoms with Crippen LogP contribution in [-0.4, -0.2) is 18.5 Å². The molecule has 0 unspecified atom stereocenters. The van der Waals surface area contributed by atoms with Crippen molar-refractivity contribution in [2.24, 2.45) is 0 Å². The van der Waals surface area contributed by atoms with E-state index in [4.69, 9.17) is 4.74 Å². The molecule has 21 heavy (non-hydrogen) atoms.